The van der Waals surface area contributed by atoms with E-state index in [-0.39, 0.29) is 5.91 Å². The van der Waals surface area contributed by atoms with Crippen LogP contribution in [0.2, 0.25) is 0 Å². The largest absolute Gasteiger partial charge is 0.451 e. The molecule has 0 atom stereocenters. The Morgan fingerprint density at radius 1 is 1.17 bits per heavy atom. The highest BCUT2D eigenvalue weighted by Gasteiger charge is 2.18. The summed E-state index contributed by atoms with van der Waals surface area (Å²) in [4.78, 5) is 12.6. The number of hydrogen-bond acceptors (Lipinski definition) is 5. The van der Waals surface area contributed by atoms with E-state index < -0.39 is 0 Å². The number of anilines is 1. The van der Waals surface area contributed by atoms with Crippen LogP contribution in [0.25, 0.3) is 22.0 Å². The Morgan fingerprint density at radius 2 is 2.00 bits per heavy atom. The number of fused-ring (bicyclic) bond motifs is 2. The maximum atomic E-state index is 12.6. The highest BCUT2D eigenvalue weighted by Crippen LogP contribution is 2.27. The van der Waals surface area contributed by atoms with Gasteiger partial charge in [-0.2, -0.15) is 8.75 Å². The second-order valence-corrected chi connectivity index (χ2v) is 6.19. The van der Waals surface area contributed by atoms with Gasteiger partial charge in [0.1, 0.15) is 16.6 Å². The van der Waals surface area contributed by atoms with Crippen molar-refractivity contribution in [2.45, 2.75) is 20.3 Å². The Labute approximate surface area is 142 Å². The summed E-state index contributed by atoms with van der Waals surface area (Å²) in [5, 5.41) is 3.86. The van der Waals surface area contributed by atoms with E-state index in [1.165, 1.54) is 5.56 Å². The second-order valence-electron chi connectivity index (χ2n) is 5.66. The highest BCUT2D eigenvalue weighted by molar-refractivity contribution is 7.00. The minimum Gasteiger partial charge on any atom is -0.451 e. The van der Waals surface area contributed by atoms with E-state index in [4.69, 9.17) is 4.42 Å². The number of aryl methyl sites for hydroxylation is 2. The van der Waals surface area contributed by atoms with E-state index in [0.29, 0.717) is 11.4 Å². The number of amides is 1. The molecule has 0 radical (unpaired) electrons. The maximum absolute atomic E-state index is 12.6. The SMILES string of the molecule is CCc1ccc2oc(C(=O)Nc3ccc4nsnc4c3)c(C)c2c1. The summed E-state index contributed by atoms with van der Waals surface area (Å²) in [6.07, 6.45) is 0.948. The third-order valence-corrected chi connectivity index (χ3v) is 4.68. The number of benzene rings is 2. The molecule has 2 heterocycles. The molecule has 0 aliphatic carbocycles. The van der Waals surface area contributed by atoms with Crippen molar-refractivity contribution in [2.75, 3.05) is 5.32 Å². The summed E-state index contributed by atoms with van der Waals surface area (Å²) in [5.74, 6) is 0.0824. The van der Waals surface area contributed by atoms with Crippen LogP contribution in [0, 0.1) is 6.92 Å². The summed E-state index contributed by atoms with van der Waals surface area (Å²) < 4.78 is 14.1. The first-order valence-electron chi connectivity index (χ1n) is 7.71. The Bertz CT molecular complexity index is 1060. The number of aromatic nitrogens is 2. The minimum atomic E-state index is -0.260. The number of hydrogen-bond donors (Lipinski definition) is 1. The van der Waals surface area contributed by atoms with Crippen LogP contribution in [0.5, 0.6) is 0 Å². The molecule has 0 saturated carbocycles. The van der Waals surface area contributed by atoms with E-state index >= 15 is 0 Å². The van der Waals surface area contributed by atoms with Crippen LogP contribution in [0.15, 0.2) is 40.8 Å². The third-order valence-electron chi connectivity index (χ3n) is 4.13. The fourth-order valence-corrected chi connectivity index (χ4v) is 3.27. The van der Waals surface area contributed by atoms with Gasteiger partial charge in [0.05, 0.1) is 11.7 Å². The van der Waals surface area contributed by atoms with E-state index in [1.54, 1.807) is 0 Å². The molecule has 2 aromatic heterocycles. The Morgan fingerprint density at radius 3 is 2.83 bits per heavy atom. The van der Waals surface area contributed by atoms with Gasteiger partial charge in [-0.15, -0.1) is 0 Å². The summed E-state index contributed by atoms with van der Waals surface area (Å²) in [6.45, 7) is 4.02. The Kier molecular flexibility index (Phi) is 3.54. The number of furan rings is 1. The van der Waals surface area contributed by atoms with E-state index in [1.807, 2.05) is 37.3 Å². The van der Waals surface area contributed by atoms with Gasteiger partial charge in [0.15, 0.2) is 5.76 Å². The number of carbonyl (C=O) groups excluding carboxylic acids is 1. The molecule has 1 amide bonds. The lowest BCUT2D eigenvalue weighted by molar-refractivity contribution is 0.0998. The monoisotopic (exact) mass is 337 g/mol. The van der Waals surface area contributed by atoms with Gasteiger partial charge in [-0.1, -0.05) is 13.0 Å². The number of nitrogens with one attached hydrogen (secondary N) is 1. The van der Waals surface area contributed by atoms with Crippen LogP contribution in [0.3, 0.4) is 0 Å². The van der Waals surface area contributed by atoms with Gasteiger partial charge >= 0.3 is 0 Å². The van der Waals surface area contributed by atoms with Gasteiger partial charge in [-0.3, -0.25) is 4.79 Å². The molecule has 0 unspecified atom stereocenters. The maximum Gasteiger partial charge on any atom is 0.291 e. The van der Waals surface area contributed by atoms with Crippen LogP contribution < -0.4 is 5.32 Å². The molecule has 0 fully saturated rings. The molecule has 0 aliphatic rings. The van der Waals surface area contributed by atoms with Gasteiger partial charge < -0.3 is 9.73 Å². The fourth-order valence-electron chi connectivity index (χ4n) is 2.75. The Balaban J connectivity index is 1.68. The molecule has 4 aromatic rings. The lowest BCUT2D eigenvalue weighted by atomic mass is 10.1. The topological polar surface area (TPSA) is 68.0 Å². The molecule has 24 heavy (non-hydrogen) atoms. The zero-order valence-corrected chi connectivity index (χ0v) is 14.1. The standard InChI is InChI=1S/C18H15N3O2S/c1-3-11-4-7-16-13(8-11)10(2)17(23-16)18(22)19-12-5-6-14-15(9-12)21-24-20-14/h4-9H,3H2,1-2H3,(H,19,22). The smallest absolute Gasteiger partial charge is 0.291 e. The fraction of sp³-hybridized carbons (Fsp3) is 0.167. The predicted octanol–water partition coefficient (Wildman–Crippen LogP) is 4.56. The molecule has 5 nitrogen and oxygen atoms in total. The van der Waals surface area contributed by atoms with Gasteiger partial charge in [0, 0.05) is 16.6 Å². The van der Waals surface area contributed by atoms with Crippen molar-refractivity contribution in [3.8, 4) is 0 Å². The van der Waals surface area contributed by atoms with Crippen LogP contribution in [0.4, 0.5) is 5.69 Å². The van der Waals surface area contributed by atoms with Gasteiger partial charge in [0.25, 0.3) is 5.91 Å². The number of carbonyl (C=O) groups is 1. The number of rotatable bonds is 3. The molecule has 6 heteroatoms. The number of nitrogens with zero attached hydrogens (tertiary/aromatic N) is 2. The first-order chi connectivity index (χ1) is 11.7. The molecule has 0 bridgehead atoms. The molecule has 0 aliphatic heterocycles. The quantitative estimate of drug-likeness (QED) is 0.595. The molecule has 120 valence electrons. The average molecular weight is 337 g/mol. The zero-order valence-electron chi connectivity index (χ0n) is 13.3. The van der Waals surface area contributed by atoms with Crippen molar-refractivity contribution in [2.24, 2.45) is 0 Å². The summed E-state index contributed by atoms with van der Waals surface area (Å²) in [5.41, 5.74) is 5.08. The zero-order chi connectivity index (χ0) is 16.7. The summed E-state index contributed by atoms with van der Waals surface area (Å²) >= 11 is 1.15. The van der Waals surface area contributed by atoms with Crippen LogP contribution in [0.1, 0.15) is 28.6 Å². The lowest BCUT2D eigenvalue weighted by Crippen LogP contribution is -2.12. The van der Waals surface area contributed by atoms with Crippen molar-refractivity contribution < 1.29 is 9.21 Å². The van der Waals surface area contributed by atoms with Crippen molar-refractivity contribution in [1.82, 2.24) is 8.75 Å². The molecule has 0 saturated heterocycles. The van der Waals surface area contributed by atoms with Gasteiger partial charge in [-0.05, 0) is 49.2 Å². The van der Waals surface area contributed by atoms with Crippen molar-refractivity contribution in [3.63, 3.8) is 0 Å². The van der Waals surface area contributed by atoms with Crippen molar-refractivity contribution in [3.05, 3.63) is 53.3 Å². The molecular formula is C18H15N3O2S. The first kappa shape index (κ1) is 14.8. The highest BCUT2D eigenvalue weighted by atomic mass is 32.1. The van der Waals surface area contributed by atoms with E-state index in [0.717, 1.165) is 45.7 Å². The van der Waals surface area contributed by atoms with Crippen LogP contribution in [-0.4, -0.2) is 14.7 Å². The molecule has 0 spiro atoms. The van der Waals surface area contributed by atoms with E-state index in [9.17, 15) is 4.79 Å². The molecule has 2 aromatic carbocycles. The van der Waals surface area contributed by atoms with Crippen LogP contribution in [-0.2, 0) is 6.42 Å². The average Bonchev–Trinajstić information content (AvgIpc) is 3.18. The van der Waals surface area contributed by atoms with E-state index in [2.05, 4.69) is 27.1 Å². The van der Waals surface area contributed by atoms with Gasteiger partial charge in [-0.25, -0.2) is 0 Å². The first-order valence-corrected chi connectivity index (χ1v) is 8.44. The third kappa shape index (κ3) is 2.45. The predicted molar refractivity (Wildman–Crippen MR) is 95.7 cm³/mol. The Hall–Kier alpha value is -2.73. The summed E-state index contributed by atoms with van der Waals surface area (Å²) in [6, 6.07) is 11.5. The summed E-state index contributed by atoms with van der Waals surface area (Å²) in [7, 11) is 0. The second kappa shape index (κ2) is 5.72. The lowest BCUT2D eigenvalue weighted by Gasteiger charge is -2.03. The van der Waals surface area contributed by atoms with Crippen molar-refractivity contribution >= 4 is 45.3 Å². The molecule has 4 rings (SSSR count). The normalized spacial score (nSPS) is 11.2. The van der Waals surface area contributed by atoms with Crippen molar-refractivity contribution in [1.29, 1.82) is 0 Å². The minimum absolute atomic E-state index is 0.260. The molecular weight excluding hydrogens is 322 g/mol. The molecule has 1 N–H and O–H groups in total. The van der Waals surface area contributed by atoms with Crippen LogP contribution >= 0.6 is 11.7 Å². The van der Waals surface area contributed by atoms with Gasteiger partial charge in [0.2, 0.25) is 0 Å².